The van der Waals surface area contributed by atoms with Gasteiger partial charge in [-0.3, -0.25) is 4.79 Å². The van der Waals surface area contributed by atoms with Gasteiger partial charge in [-0.05, 0) is 31.4 Å². The second-order valence-corrected chi connectivity index (χ2v) is 7.47. The first kappa shape index (κ1) is 13.4. The fraction of sp³-hybridized carbons (Fsp3) is 0.538. The number of aliphatic carboxylic acids is 1. The van der Waals surface area contributed by atoms with Crippen molar-refractivity contribution in [1.29, 1.82) is 0 Å². The molecule has 3 heterocycles. The third-order valence-electron chi connectivity index (χ3n) is 4.25. The summed E-state index contributed by atoms with van der Waals surface area (Å²) in [6.45, 7) is 0. The van der Waals surface area contributed by atoms with Crippen LogP contribution in [-0.4, -0.2) is 42.8 Å². The highest BCUT2D eigenvalue weighted by atomic mass is 32.2. The van der Waals surface area contributed by atoms with Gasteiger partial charge in [-0.2, -0.15) is 0 Å². The Morgan fingerprint density at radius 3 is 2.80 bits per heavy atom. The molecule has 7 heteroatoms. The Kier molecular flexibility index (Phi) is 2.97. The third-order valence-corrected chi connectivity index (χ3v) is 5.37. The van der Waals surface area contributed by atoms with E-state index in [0.717, 1.165) is 19.1 Å². The quantitative estimate of drug-likeness (QED) is 0.892. The maximum Gasteiger partial charge on any atom is 0.308 e. The summed E-state index contributed by atoms with van der Waals surface area (Å²) in [7, 11) is -3.38. The van der Waals surface area contributed by atoms with Crippen molar-refractivity contribution in [3.63, 3.8) is 0 Å². The minimum absolute atomic E-state index is 0.0801. The highest BCUT2D eigenvalue weighted by Crippen LogP contribution is 2.45. The normalized spacial score (nSPS) is 28.9. The van der Waals surface area contributed by atoms with E-state index in [1.54, 1.807) is 12.3 Å². The molecule has 20 heavy (non-hydrogen) atoms. The van der Waals surface area contributed by atoms with Crippen LogP contribution in [0.4, 0.5) is 5.82 Å². The number of sulfone groups is 1. The Morgan fingerprint density at radius 2 is 2.20 bits per heavy atom. The first-order valence-electron chi connectivity index (χ1n) is 6.56. The number of fused-ring (bicyclic) bond motifs is 2. The molecule has 2 fully saturated rings. The number of carboxylic acid groups (broad SMARTS) is 1. The van der Waals surface area contributed by atoms with Crippen molar-refractivity contribution >= 4 is 21.6 Å². The first-order chi connectivity index (χ1) is 9.39. The summed E-state index contributed by atoms with van der Waals surface area (Å²) in [5.74, 6) is -0.826. The zero-order chi connectivity index (χ0) is 14.5. The molecule has 6 nitrogen and oxygen atoms in total. The van der Waals surface area contributed by atoms with Gasteiger partial charge >= 0.3 is 5.97 Å². The third kappa shape index (κ3) is 1.96. The van der Waals surface area contributed by atoms with E-state index in [4.69, 9.17) is 0 Å². The van der Waals surface area contributed by atoms with Crippen LogP contribution >= 0.6 is 0 Å². The van der Waals surface area contributed by atoms with Gasteiger partial charge < -0.3 is 10.0 Å². The van der Waals surface area contributed by atoms with Crippen LogP contribution in [0.5, 0.6) is 0 Å². The summed E-state index contributed by atoms with van der Waals surface area (Å²) in [6, 6.07) is 3.06. The van der Waals surface area contributed by atoms with Crippen LogP contribution in [-0.2, 0) is 14.6 Å². The fourth-order valence-electron chi connectivity index (χ4n) is 3.45. The van der Waals surface area contributed by atoms with Crippen LogP contribution in [0.3, 0.4) is 0 Å². The summed E-state index contributed by atoms with van der Waals surface area (Å²) < 4.78 is 23.8. The van der Waals surface area contributed by atoms with E-state index in [0.29, 0.717) is 12.2 Å². The maximum absolute atomic E-state index is 11.9. The number of hydrogen-bond acceptors (Lipinski definition) is 5. The summed E-state index contributed by atoms with van der Waals surface area (Å²) in [5, 5.41) is 9.26. The number of anilines is 1. The van der Waals surface area contributed by atoms with Crippen LogP contribution in [0.2, 0.25) is 0 Å². The molecule has 3 rings (SSSR count). The fourth-order valence-corrected chi connectivity index (χ4v) is 4.27. The standard InChI is InChI=1S/C13H16N2O4S/c1-20(18,19)11-3-2-6-14-12(11)15-8-4-5-10(15)9(7-8)13(16)17/h2-3,6,8-10H,4-5,7H2,1H3,(H,16,17). The minimum atomic E-state index is -3.38. The molecule has 1 aromatic rings. The van der Waals surface area contributed by atoms with Gasteiger partial charge in [0.25, 0.3) is 0 Å². The second kappa shape index (κ2) is 4.44. The van der Waals surface area contributed by atoms with Crippen molar-refractivity contribution in [3.05, 3.63) is 18.3 Å². The van der Waals surface area contributed by atoms with Crippen LogP contribution in [0.15, 0.2) is 23.2 Å². The molecule has 0 aliphatic carbocycles. The Labute approximate surface area is 117 Å². The predicted octanol–water partition coefficient (Wildman–Crippen LogP) is 0.927. The molecule has 0 amide bonds. The van der Waals surface area contributed by atoms with Gasteiger partial charge in [-0.25, -0.2) is 13.4 Å². The van der Waals surface area contributed by atoms with E-state index in [1.807, 2.05) is 4.90 Å². The van der Waals surface area contributed by atoms with Crippen molar-refractivity contribution in [1.82, 2.24) is 4.98 Å². The van der Waals surface area contributed by atoms with Gasteiger partial charge in [0.15, 0.2) is 9.84 Å². The molecule has 0 spiro atoms. The molecule has 1 aromatic heterocycles. The first-order valence-corrected chi connectivity index (χ1v) is 8.45. The lowest BCUT2D eigenvalue weighted by atomic mass is 9.89. The van der Waals surface area contributed by atoms with Crippen LogP contribution in [0.1, 0.15) is 19.3 Å². The molecule has 2 saturated heterocycles. The highest BCUT2D eigenvalue weighted by molar-refractivity contribution is 7.90. The molecular formula is C13H16N2O4S. The minimum Gasteiger partial charge on any atom is -0.481 e. The molecule has 2 aliphatic rings. The Balaban J connectivity index is 2.06. The van der Waals surface area contributed by atoms with Crippen molar-refractivity contribution in [3.8, 4) is 0 Å². The largest absolute Gasteiger partial charge is 0.481 e. The van der Waals surface area contributed by atoms with Gasteiger partial charge in [-0.1, -0.05) is 0 Å². The number of rotatable bonds is 3. The van der Waals surface area contributed by atoms with Crippen molar-refractivity contribution in [2.24, 2.45) is 5.92 Å². The lowest BCUT2D eigenvalue weighted by Gasteiger charge is -2.25. The Bertz CT molecular complexity index is 658. The Morgan fingerprint density at radius 1 is 1.45 bits per heavy atom. The number of aromatic nitrogens is 1. The lowest BCUT2D eigenvalue weighted by molar-refractivity contribution is -0.142. The molecule has 108 valence electrons. The van der Waals surface area contributed by atoms with Gasteiger partial charge in [-0.15, -0.1) is 0 Å². The molecule has 3 unspecified atom stereocenters. The smallest absolute Gasteiger partial charge is 0.308 e. The van der Waals surface area contributed by atoms with Gasteiger partial charge in [0, 0.05) is 24.5 Å². The van der Waals surface area contributed by atoms with E-state index in [1.165, 1.54) is 6.07 Å². The molecule has 2 aliphatic heterocycles. The van der Waals surface area contributed by atoms with E-state index in [2.05, 4.69) is 4.98 Å². The zero-order valence-corrected chi connectivity index (χ0v) is 11.9. The molecule has 0 aromatic carbocycles. The summed E-state index contributed by atoms with van der Waals surface area (Å²) >= 11 is 0. The van der Waals surface area contributed by atoms with Gasteiger partial charge in [0.05, 0.1) is 5.92 Å². The van der Waals surface area contributed by atoms with Crippen LogP contribution in [0, 0.1) is 5.92 Å². The molecule has 3 atom stereocenters. The van der Waals surface area contributed by atoms with Crippen molar-refractivity contribution in [2.45, 2.75) is 36.2 Å². The summed E-state index contributed by atoms with van der Waals surface area (Å²) in [5.41, 5.74) is 0. The molecule has 0 saturated carbocycles. The van der Waals surface area contributed by atoms with E-state index >= 15 is 0 Å². The molecule has 2 bridgehead atoms. The van der Waals surface area contributed by atoms with Crippen LogP contribution in [0.25, 0.3) is 0 Å². The van der Waals surface area contributed by atoms with E-state index in [9.17, 15) is 18.3 Å². The van der Waals surface area contributed by atoms with E-state index in [-0.39, 0.29) is 17.0 Å². The van der Waals surface area contributed by atoms with Crippen LogP contribution < -0.4 is 4.90 Å². The van der Waals surface area contributed by atoms with Gasteiger partial charge in [0.1, 0.15) is 10.7 Å². The van der Waals surface area contributed by atoms with Gasteiger partial charge in [0.2, 0.25) is 0 Å². The predicted molar refractivity (Wildman–Crippen MR) is 72.4 cm³/mol. The average molecular weight is 296 g/mol. The van der Waals surface area contributed by atoms with E-state index < -0.39 is 21.7 Å². The van der Waals surface area contributed by atoms with Crippen molar-refractivity contribution < 1.29 is 18.3 Å². The summed E-state index contributed by atoms with van der Waals surface area (Å²) in [6.07, 6.45) is 4.95. The number of carboxylic acids is 1. The molecule has 0 radical (unpaired) electrons. The number of hydrogen-bond donors (Lipinski definition) is 1. The monoisotopic (exact) mass is 296 g/mol. The Hall–Kier alpha value is -1.63. The van der Waals surface area contributed by atoms with Crippen molar-refractivity contribution in [2.75, 3.05) is 11.2 Å². The second-order valence-electron chi connectivity index (χ2n) is 5.48. The average Bonchev–Trinajstić information content (AvgIpc) is 2.95. The lowest BCUT2D eigenvalue weighted by Crippen LogP contribution is -2.34. The zero-order valence-electron chi connectivity index (χ0n) is 11.1. The summed E-state index contributed by atoms with van der Waals surface area (Å²) in [4.78, 5) is 17.6. The molecular weight excluding hydrogens is 280 g/mol. The maximum atomic E-state index is 11.9. The number of pyridine rings is 1. The number of carbonyl (C=O) groups is 1. The highest BCUT2D eigenvalue weighted by Gasteiger charge is 2.50. The molecule has 1 N–H and O–H groups in total. The number of nitrogens with zero attached hydrogens (tertiary/aromatic N) is 2. The SMILES string of the molecule is CS(=O)(=O)c1cccnc1N1C2CCC1C(C(=O)O)C2. The topological polar surface area (TPSA) is 87.6 Å².